The number of nitrogens with zero attached hydrogens (tertiary/aromatic N) is 1. The number of nitro groups is 1. The fourth-order valence-corrected chi connectivity index (χ4v) is 2.89. The molecule has 0 N–H and O–H groups in total. The molecule has 0 aliphatic carbocycles. The van der Waals surface area contributed by atoms with E-state index in [0.29, 0.717) is 15.7 Å². The molecule has 2 rings (SSSR count). The Kier molecular flexibility index (Phi) is 4.39. The van der Waals surface area contributed by atoms with Crippen molar-refractivity contribution in [1.29, 1.82) is 0 Å². The van der Waals surface area contributed by atoms with Gasteiger partial charge in [-0.1, -0.05) is 35.9 Å². The van der Waals surface area contributed by atoms with Crippen LogP contribution in [0.1, 0.15) is 5.56 Å². The average molecular weight is 298 g/mol. The Bertz CT molecular complexity index is 621. The Balaban J connectivity index is 2.23. The van der Waals surface area contributed by atoms with Gasteiger partial charge in [0.1, 0.15) is 0 Å². The highest BCUT2D eigenvalue weighted by Gasteiger charge is 2.20. The summed E-state index contributed by atoms with van der Waals surface area (Å²) in [5.74, 6) is -0.376. The minimum Gasteiger partial charge on any atom is -0.258 e. The van der Waals surface area contributed by atoms with E-state index in [2.05, 4.69) is 0 Å². The molecule has 0 aliphatic heterocycles. The number of hydrogen-bond donors (Lipinski definition) is 0. The molecule has 0 aromatic heterocycles. The molecule has 0 fully saturated rings. The second-order valence-electron chi connectivity index (χ2n) is 3.72. The predicted molar refractivity (Wildman–Crippen MR) is 74.1 cm³/mol. The number of hydrogen-bond acceptors (Lipinski definition) is 3. The Hall–Kier alpha value is -1.59. The van der Waals surface area contributed by atoms with Gasteiger partial charge in [-0.15, -0.1) is 11.8 Å². The summed E-state index contributed by atoms with van der Waals surface area (Å²) >= 11 is 7.19. The lowest BCUT2D eigenvalue weighted by molar-refractivity contribution is -0.390. The predicted octanol–water partition coefficient (Wildman–Crippen LogP) is 4.68. The summed E-state index contributed by atoms with van der Waals surface area (Å²) in [5, 5.41) is 11.4. The molecule has 0 atom stereocenters. The largest absolute Gasteiger partial charge is 0.318 e. The molecule has 0 heterocycles. The van der Waals surface area contributed by atoms with Crippen LogP contribution in [0.2, 0.25) is 5.02 Å². The minimum absolute atomic E-state index is 0.296. The zero-order valence-electron chi connectivity index (χ0n) is 9.68. The molecule has 0 saturated carbocycles. The first-order chi connectivity index (χ1) is 9.09. The van der Waals surface area contributed by atoms with Gasteiger partial charge in [0, 0.05) is 10.8 Å². The Morgan fingerprint density at radius 1 is 1.21 bits per heavy atom. The van der Waals surface area contributed by atoms with E-state index in [1.807, 2.05) is 12.1 Å². The first-order valence-corrected chi connectivity index (χ1v) is 6.75. The zero-order chi connectivity index (χ0) is 13.8. The van der Waals surface area contributed by atoms with Crippen molar-refractivity contribution < 1.29 is 9.31 Å². The number of halogens is 2. The van der Waals surface area contributed by atoms with E-state index in [4.69, 9.17) is 11.6 Å². The van der Waals surface area contributed by atoms with Gasteiger partial charge in [-0.3, -0.25) is 10.1 Å². The molecule has 6 heteroatoms. The zero-order valence-corrected chi connectivity index (χ0v) is 11.2. The molecular formula is C13H9ClFNO2S. The molecule has 2 aromatic carbocycles. The summed E-state index contributed by atoms with van der Waals surface area (Å²) in [6, 6.07) is 11.3. The lowest BCUT2D eigenvalue weighted by Gasteiger charge is -2.05. The quantitative estimate of drug-likeness (QED) is 0.467. The first-order valence-electron chi connectivity index (χ1n) is 5.38. The number of rotatable bonds is 4. The van der Waals surface area contributed by atoms with Crippen LogP contribution in [0.15, 0.2) is 47.4 Å². The van der Waals surface area contributed by atoms with Gasteiger partial charge in [0.2, 0.25) is 5.82 Å². The van der Waals surface area contributed by atoms with Crippen molar-refractivity contribution in [3.63, 3.8) is 0 Å². The highest BCUT2D eigenvalue weighted by molar-refractivity contribution is 7.98. The fraction of sp³-hybridized carbons (Fsp3) is 0.0769. The van der Waals surface area contributed by atoms with Crippen LogP contribution in [0.4, 0.5) is 10.1 Å². The maximum atomic E-state index is 13.4. The summed E-state index contributed by atoms with van der Waals surface area (Å²) < 4.78 is 13.4. The van der Waals surface area contributed by atoms with Crippen LogP contribution in [-0.2, 0) is 5.75 Å². The van der Waals surface area contributed by atoms with Gasteiger partial charge in [-0.05, 0) is 23.8 Å². The topological polar surface area (TPSA) is 43.1 Å². The normalized spacial score (nSPS) is 10.4. The smallest absolute Gasteiger partial charge is 0.258 e. The highest BCUT2D eigenvalue weighted by atomic mass is 35.5. The average Bonchev–Trinajstić information content (AvgIpc) is 2.37. The van der Waals surface area contributed by atoms with Crippen LogP contribution in [0, 0.1) is 15.9 Å². The standard InChI is InChI=1S/C13H9ClFNO2S/c14-10-5-2-1-4-9(10)8-19-12-7-3-6-11(15)13(12)16(17)18/h1-7H,8H2. The van der Waals surface area contributed by atoms with Crippen molar-refractivity contribution in [3.8, 4) is 0 Å². The number of thioether (sulfide) groups is 1. The molecule has 0 radical (unpaired) electrons. The summed E-state index contributed by atoms with van der Waals surface area (Å²) in [6.45, 7) is 0. The molecule has 19 heavy (non-hydrogen) atoms. The molecule has 0 saturated heterocycles. The summed E-state index contributed by atoms with van der Waals surface area (Å²) in [6.07, 6.45) is 0. The van der Waals surface area contributed by atoms with E-state index in [1.54, 1.807) is 12.1 Å². The molecule has 0 bridgehead atoms. The Morgan fingerprint density at radius 2 is 1.95 bits per heavy atom. The van der Waals surface area contributed by atoms with Crippen molar-refractivity contribution in [2.75, 3.05) is 0 Å². The second-order valence-corrected chi connectivity index (χ2v) is 5.15. The molecule has 0 spiro atoms. The molecule has 2 aromatic rings. The van der Waals surface area contributed by atoms with Crippen LogP contribution >= 0.6 is 23.4 Å². The van der Waals surface area contributed by atoms with Crippen molar-refractivity contribution in [2.45, 2.75) is 10.6 Å². The molecule has 0 aliphatic rings. The maximum Gasteiger partial charge on any atom is 0.318 e. The van der Waals surface area contributed by atoms with E-state index >= 15 is 0 Å². The van der Waals surface area contributed by atoms with E-state index in [-0.39, 0.29) is 0 Å². The summed E-state index contributed by atoms with van der Waals surface area (Å²) in [7, 11) is 0. The fourth-order valence-electron chi connectivity index (χ4n) is 1.56. The lowest BCUT2D eigenvalue weighted by atomic mass is 10.2. The third-order valence-corrected chi connectivity index (χ3v) is 3.94. The number of benzene rings is 2. The monoisotopic (exact) mass is 297 g/mol. The van der Waals surface area contributed by atoms with Crippen LogP contribution < -0.4 is 0 Å². The van der Waals surface area contributed by atoms with E-state index in [1.165, 1.54) is 23.9 Å². The van der Waals surface area contributed by atoms with Crippen LogP contribution in [-0.4, -0.2) is 4.92 Å². The van der Waals surface area contributed by atoms with Gasteiger partial charge < -0.3 is 0 Å². The molecular weight excluding hydrogens is 289 g/mol. The van der Waals surface area contributed by atoms with Crippen LogP contribution in [0.5, 0.6) is 0 Å². The first kappa shape index (κ1) is 13.8. The van der Waals surface area contributed by atoms with Crippen LogP contribution in [0.3, 0.4) is 0 Å². The minimum atomic E-state index is -0.825. The number of para-hydroxylation sites is 1. The van der Waals surface area contributed by atoms with Gasteiger partial charge in [-0.25, -0.2) is 0 Å². The van der Waals surface area contributed by atoms with Gasteiger partial charge in [0.15, 0.2) is 0 Å². The second kappa shape index (κ2) is 6.04. The van der Waals surface area contributed by atoms with Crippen molar-refractivity contribution in [3.05, 3.63) is 69.0 Å². The molecule has 3 nitrogen and oxygen atoms in total. The summed E-state index contributed by atoms with van der Waals surface area (Å²) in [5.41, 5.74) is 0.368. The third-order valence-electron chi connectivity index (χ3n) is 2.47. The molecule has 0 amide bonds. The van der Waals surface area contributed by atoms with Crippen LogP contribution in [0.25, 0.3) is 0 Å². The van der Waals surface area contributed by atoms with Crippen molar-refractivity contribution >= 4 is 29.1 Å². The van der Waals surface area contributed by atoms with Gasteiger partial charge in [-0.2, -0.15) is 4.39 Å². The van der Waals surface area contributed by atoms with Gasteiger partial charge in [0.05, 0.1) is 9.82 Å². The maximum absolute atomic E-state index is 13.4. The van der Waals surface area contributed by atoms with Crippen molar-refractivity contribution in [1.82, 2.24) is 0 Å². The Morgan fingerprint density at radius 3 is 2.63 bits per heavy atom. The lowest BCUT2D eigenvalue weighted by Crippen LogP contribution is -1.95. The highest BCUT2D eigenvalue weighted by Crippen LogP contribution is 2.34. The van der Waals surface area contributed by atoms with Gasteiger partial charge >= 0.3 is 5.69 Å². The van der Waals surface area contributed by atoms with E-state index in [0.717, 1.165) is 11.6 Å². The third kappa shape index (κ3) is 3.24. The molecule has 0 unspecified atom stereocenters. The summed E-state index contributed by atoms with van der Waals surface area (Å²) in [4.78, 5) is 10.4. The Labute approximate surface area is 118 Å². The van der Waals surface area contributed by atoms with Crippen molar-refractivity contribution in [2.24, 2.45) is 0 Å². The van der Waals surface area contributed by atoms with E-state index < -0.39 is 16.4 Å². The molecule has 98 valence electrons. The number of nitro benzene ring substituents is 1. The van der Waals surface area contributed by atoms with E-state index in [9.17, 15) is 14.5 Å². The van der Waals surface area contributed by atoms with Gasteiger partial charge in [0.25, 0.3) is 0 Å². The SMILES string of the molecule is O=[N+]([O-])c1c(F)cccc1SCc1ccccc1Cl.